The van der Waals surface area contributed by atoms with Gasteiger partial charge >= 0.3 is 0 Å². The molecule has 1 unspecified atom stereocenters. The van der Waals surface area contributed by atoms with E-state index in [-0.39, 0.29) is 17.8 Å². The van der Waals surface area contributed by atoms with Gasteiger partial charge in [-0.15, -0.1) is 0 Å². The Morgan fingerprint density at radius 1 is 1.15 bits per heavy atom. The van der Waals surface area contributed by atoms with Gasteiger partial charge in [-0.3, -0.25) is 4.79 Å². The molecular weight excluding hydrogens is 343 g/mol. The number of nitrogens with zero attached hydrogens (tertiary/aromatic N) is 1. The molecule has 5 heteroatoms. The Labute approximate surface area is 160 Å². The van der Waals surface area contributed by atoms with Crippen molar-refractivity contribution in [2.24, 2.45) is 0 Å². The topological polar surface area (TPSA) is 41.6 Å². The average molecular weight is 370 g/mol. The van der Waals surface area contributed by atoms with Crippen LogP contribution in [0.4, 0.5) is 15.8 Å². The van der Waals surface area contributed by atoms with E-state index in [1.165, 1.54) is 12.5 Å². The van der Waals surface area contributed by atoms with Crippen LogP contribution in [0.5, 0.6) is 5.75 Å². The summed E-state index contributed by atoms with van der Waals surface area (Å²) in [6, 6.07) is 11.9. The minimum atomic E-state index is -0.299. The fourth-order valence-electron chi connectivity index (χ4n) is 3.18. The highest BCUT2D eigenvalue weighted by Gasteiger charge is 2.16. The van der Waals surface area contributed by atoms with Crippen molar-refractivity contribution in [3.63, 3.8) is 0 Å². The molecule has 27 heavy (non-hydrogen) atoms. The molecule has 1 fully saturated rings. The second-order valence-corrected chi connectivity index (χ2v) is 7.03. The van der Waals surface area contributed by atoms with Gasteiger partial charge in [-0.25, -0.2) is 4.39 Å². The van der Waals surface area contributed by atoms with Gasteiger partial charge in [-0.1, -0.05) is 6.92 Å². The van der Waals surface area contributed by atoms with Gasteiger partial charge in [0.15, 0.2) is 0 Å². The molecule has 1 saturated heterocycles. The molecule has 1 aliphatic heterocycles. The van der Waals surface area contributed by atoms with Crippen LogP contribution in [-0.2, 0) is 0 Å². The van der Waals surface area contributed by atoms with Crippen molar-refractivity contribution in [3.8, 4) is 5.75 Å². The molecule has 2 aromatic carbocycles. The van der Waals surface area contributed by atoms with E-state index < -0.39 is 0 Å². The predicted molar refractivity (Wildman–Crippen MR) is 107 cm³/mol. The zero-order valence-electron chi connectivity index (χ0n) is 16.0. The quantitative estimate of drug-likeness (QED) is 0.755. The van der Waals surface area contributed by atoms with E-state index >= 15 is 0 Å². The lowest BCUT2D eigenvalue weighted by Crippen LogP contribution is -2.30. The molecule has 0 saturated carbocycles. The predicted octanol–water partition coefficient (Wildman–Crippen LogP) is 5.25. The number of hydrogen-bond donors (Lipinski definition) is 1. The molecule has 2 aromatic rings. The van der Waals surface area contributed by atoms with E-state index in [0.29, 0.717) is 16.9 Å². The number of carbonyl (C=O) groups is 1. The summed E-state index contributed by atoms with van der Waals surface area (Å²) in [5.41, 5.74) is 1.57. The van der Waals surface area contributed by atoms with Gasteiger partial charge in [0.05, 0.1) is 11.8 Å². The van der Waals surface area contributed by atoms with Crippen molar-refractivity contribution >= 4 is 17.3 Å². The van der Waals surface area contributed by atoms with Crippen LogP contribution in [0.25, 0.3) is 0 Å². The van der Waals surface area contributed by atoms with Gasteiger partial charge in [0.1, 0.15) is 11.6 Å². The summed E-state index contributed by atoms with van der Waals surface area (Å²) in [6.07, 6.45) is 4.43. The summed E-state index contributed by atoms with van der Waals surface area (Å²) in [6.45, 7) is 5.83. The number of nitrogens with one attached hydrogen (secondary N) is 1. The molecule has 0 spiro atoms. The highest BCUT2D eigenvalue weighted by molar-refractivity contribution is 6.04. The minimum absolute atomic E-state index is 0.131. The van der Waals surface area contributed by atoms with Crippen LogP contribution in [0.1, 0.15) is 49.9 Å². The van der Waals surface area contributed by atoms with Gasteiger partial charge < -0.3 is 15.0 Å². The number of ether oxygens (including phenoxy) is 1. The first-order valence-electron chi connectivity index (χ1n) is 9.69. The van der Waals surface area contributed by atoms with Crippen LogP contribution >= 0.6 is 0 Å². The number of hydrogen-bond acceptors (Lipinski definition) is 3. The van der Waals surface area contributed by atoms with Crippen molar-refractivity contribution in [2.45, 2.75) is 45.6 Å². The normalized spacial score (nSPS) is 15.3. The zero-order valence-corrected chi connectivity index (χ0v) is 16.0. The van der Waals surface area contributed by atoms with Crippen LogP contribution in [-0.4, -0.2) is 25.1 Å². The SMILES string of the molecule is CCC(C)Oc1ccc(C(=O)Nc2ccc(N3CCCCC3)c(F)c2)cc1. The Morgan fingerprint density at radius 2 is 1.85 bits per heavy atom. The highest BCUT2D eigenvalue weighted by atomic mass is 19.1. The van der Waals surface area contributed by atoms with Crippen molar-refractivity contribution in [2.75, 3.05) is 23.3 Å². The van der Waals surface area contributed by atoms with Gasteiger partial charge in [0.25, 0.3) is 5.91 Å². The van der Waals surface area contributed by atoms with E-state index in [0.717, 1.165) is 38.1 Å². The summed E-state index contributed by atoms with van der Waals surface area (Å²) < 4.78 is 20.2. The maximum absolute atomic E-state index is 14.5. The number of benzene rings is 2. The smallest absolute Gasteiger partial charge is 0.255 e. The lowest BCUT2D eigenvalue weighted by Gasteiger charge is -2.29. The van der Waals surface area contributed by atoms with Crippen molar-refractivity contribution in [1.29, 1.82) is 0 Å². The van der Waals surface area contributed by atoms with E-state index in [2.05, 4.69) is 17.1 Å². The molecule has 1 heterocycles. The summed E-state index contributed by atoms with van der Waals surface area (Å²) >= 11 is 0. The number of halogens is 1. The van der Waals surface area contributed by atoms with Crippen molar-refractivity contribution < 1.29 is 13.9 Å². The largest absolute Gasteiger partial charge is 0.491 e. The lowest BCUT2D eigenvalue weighted by molar-refractivity contribution is 0.102. The average Bonchev–Trinajstić information content (AvgIpc) is 2.69. The van der Waals surface area contributed by atoms with Gasteiger partial charge in [-0.2, -0.15) is 0 Å². The third kappa shape index (κ3) is 5.00. The molecule has 0 bridgehead atoms. The van der Waals surface area contributed by atoms with Gasteiger partial charge in [0.2, 0.25) is 0 Å². The molecule has 1 aliphatic rings. The van der Waals surface area contributed by atoms with Crippen LogP contribution in [0.3, 0.4) is 0 Å². The van der Waals surface area contributed by atoms with Crippen LogP contribution in [0.15, 0.2) is 42.5 Å². The Hall–Kier alpha value is -2.56. The minimum Gasteiger partial charge on any atom is -0.491 e. The highest BCUT2D eigenvalue weighted by Crippen LogP contribution is 2.26. The Morgan fingerprint density at radius 3 is 2.48 bits per heavy atom. The number of anilines is 2. The van der Waals surface area contributed by atoms with Crippen LogP contribution < -0.4 is 15.0 Å². The molecule has 0 radical (unpaired) electrons. The van der Waals surface area contributed by atoms with E-state index in [4.69, 9.17) is 4.74 Å². The summed E-state index contributed by atoms with van der Waals surface area (Å²) in [5, 5.41) is 2.76. The number of rotatable bonds is 6. The third-order valence-corrected chi connectivity index (χ3v) is 4.93. The maximum atomic E-state index is 14.5. The Kier molecular flexibility index (Phi) is 6.32. The molecule has 0 aliphatic carbocycles. The second kappa shape index (κ2) is 8.89. The lowest BCUT2D eigenvalue weighted by atomic mass is 10.1. The van der Waals surface area contributed by atoms with Gasteiger partial charge in [-0.05, 0) is 75.1 Å². The second-order valence-electron chi connectivity index (χ2n) is 7.03. The number of amides is 1. The first-order chi connectivity index (χ1) is 13.1. The molecule has 1 atom stereocenters. The molecule has 1 amide bonds. The fraction of sp³-hybridized carbons (Fsp3) is 0.409. The molecule has 3 rings (SSSR count). The van der Waals surface area contributed by atoms with E-state index in [9.17, 15) is 9.18 Å². The first-order valence-corrected chi connectivity index (χ1v) is 9.69. The van der Waals surface area contributed by atoms with Crippen molar-refractivity contribution in [1.82, 2.24) is 0 Å². The molecule has 0 aromatic heterocycles. The molecular formula is C22H27FN2O2. The van der Waals surface area contributed by atoms with Gasteiger partial charge in [0, 0.05) is 24.3 Å². The van der Waals surface area contributed by atoms with Crippen LogP contribution in [0, 0.1) is 5.82 Å². The number of piperidine rings is 1. The van der Waals surface area contributed by atoms with E-state index in [1.807, 2.05) is 6.92 Å². The Balaban J connectivity index is 1.64. The summed E-state index contributed by atoms with van der Waals surface area (Å²) in [7, 11) is 0. The third-order valence-electron chi connectivity index (χ3n) is 4.93. The fourth-order valence-corrected chi connectivity index (χ4v) is 3.18. The molecule has 144 valence electrons. The molecule has 1 N–H and O–H groups in total. The first kappa shape index (κ1) is 19.2. The number of carbonyl (C=O) groups excluding carboxylic acids is 1. The maximum Gasteiger partial charge on any atom is 0.255 e. The van der Waals surface area contributed by atoms with E-state index in [1.54, 1.807) is 36.4 Å². The zero-order chi connectivity index (χ0) is 19.2. The molecule has 4 nitrogen and oxygen atoms in total. The standard InChI is InChI=1S/C22H27FN2O2/c1-3-16(2)27-19-10-7-17(8-11-19)22(26)24-18-9-12-21(20(23)15-18)25-13-5-4-6-14-25/h7-12,15-16H,3-6,13-14H2,1-2H3,(H,24,26). The monoisotopic (exact) mass is 370 g/mol. The van der Waals surface area contributed by atoms with Crippen molar-refractivity contribution in [3.05, 3.63) is 53.8 Å². The summed E-state index contributed by atoms with van der Waals surface area (Å²) in [5.74, 6) is 0.167. The Bertz CT molecular complexity index is 770. The van der Waals surface area contributed by atoms with Crippen LogP contribution in [0.2, 0.25) is 0 Å². The summed E-state index contributed by atoms with van der Waals surface area (Å²) in [4.78, 5) is 14.5.